The largest absolute Gasteiger partial charge is 0.396 e. The van der Waals surface area contributed by atoms with Gasteiger partial charge in [0.15, 0.2) is 0 Å². The Morgan fingerprint density at radius 1 is 1.23 bits per heavy atom. The van der Waals surface area contributed by atoms with Crippen LogP contribution in [0.4, 0.5) is 10.5 Å². The number of aliphatic hydroxyl groups is 1. The lowest BCUT2D eigenvalue weighted by Gasteiger charge is -2.34. The van der Waals surface area contributed by atoms with Gasteiger partial charge in [0.1, 0.15) is 5.82 Å². The first-order valence-electron chi connectivity index (χ1n) is 8.14. The molecule has 3 rings (SSSR count). The molecular formula is C16H24N4O2. The number of hydrogen-bond acceptors (Lipinski definition) is 4. The fourth-order valence-corrected chi connectivity index (χ4v) is 3.05. The topological polar surface area (TPSA) is 78.4 Å². The predicted molar refractivity (Wildman–Crippen MR) is 83.6 cm³/mol. The lowest BCUT2D eigenvalue weighted by atomic mass is 9.86. The molecule has 1 aromatic rings. The van der Waals surface area contributed by atoms with Crippen molar-refractivity contribution in [1.29, 1.82) is 0 Å². The van der Waals surface area contributed by atoms with E-state index in [0.29, 0.717) is 17.5 Å². The Bertz CT molecular complexity index is 507. The van der Waals surface area contributed by atoms with Crippen LogP contribution in [0.25, 0.3) is 0 Å². The highest BCUT2D eigenvalue weighted by molar-refractivity contribution is 5.88. The van der Waals surface area contributed by atoms with Crippen LogP contribution < -0.4 is 5.32 Å². The van der Waals surface area contributed by atoms with E-state index in [0.717, 1.165) is 31.5 Å². The zero-order valence-electron chi connectivity index (χ0n) is 13.0. The molecule has 0 aliphatic heterocycles. The van der Waals surface area contributed by atoms with Crippen LogP contribution >= 0.6 is 0 Å². The van der Waals surface area contributed by atoms with Crippen molar-refractivity contribution in [3.63, 3.8) is 0 Å². The molecule has 1 heterocycles. The number of nitrogens with one attached hydrogen (secondary N) is 1. The maximum atomic E-state index is 12.3. The first-order valence-corrected chi connectivity index (χ1v) is 8.14. The van der Waals surface area contributed by atoms with Crippen LogP contribution in [0.3, 0.4) is 0 Å². The third kappa shape index (κ3) is 3.55. The fraction of sp³-hybridized carbons (Fsp3) is 0.688. The van der Waals surface area contributed by atoms with Crippen molar-refractivity contribution in [2.75, 3.05) is 19.0 Å². The normalized spacial score (nSPS) is 24.8. The van der Waals surface area contributed by atoms with Crippen LogP contribution in [0.1, 0.15) is 50.3 Å². The SMILES string of the molecule is CN(C(=O)Nc1cnc(C2CC2)nc1)C1CCC(CO)CC1. The van der Waals surface area contributed by atoms with E-state index in [2.05, 4.69) is 15.3 Å². The minimum absolute atomic E-state index is 0.116. The van der Waals surface area contributed by atoms with E-state index in [9.17, 15) is 9.90 Å². The summed E-state index contributed by atoms with van der Waals surface area (Å²) in [6, 6.07) is 0.129. The van der Waals surface area contributed by atoms with Crippen LogP contribution in [-0.2, 0) is 0 Å². The minimum atomic E-state index is -0.116. The Morgan fingerprint density at radius 3 is 2.41 bits per heavy atom. The summed E-state index contributed by atoms with van der Waals surface area (Å²) in [5.41, 5.74) is 0.644. The summed E-state index contributed by atoms with van der Waals surface area (Å²) in [7, 11) is 1.83. The number of carbonyl (C=O) groups excluding carboxylic acids is 1. The highest BCUT2D eigenvalue weighted by atomic mass is 16.3. The summed E-state index contributed by atoms with van der Waals surface area (Å²) in [5, 5.41) is 12.0. The maximum absolute atomic E-state index is 12.3. The number of aromatic nitrogens is 2. The smallest absolute Gasteiger partial charge is 0.321 e. The van der Waals surface area contributed by atoms with Gasteiger partial charge in [-0.15, -0.1) is 0 Å². The third-order valence-electron chi connectivity index (χ3n) is 4.81. The molecule has 120 valence electrons. The molecule has 2 fully saturated rings. The number of nitrogens with zero attached hydrogens (tertiary/aromatic N) is 3. The fourth-order valence-electron chi connectivity index (χ4n) is 3.05. The number of rotatable bonds is 4. The van der Waals surface area contributed by atoms with Gasteiger partial charge in [-0.25, -0.2) is 14.8 Å². The zero-order chi connectivity index (χ0) is 15.5. The van der Waals surface area contributed by atoms with Crippen molar-refractivity contribution in [2.24, 2.45) is 5.92 Å². The summed E-state index contributed by atoms with van der Waals surface area (Å²) < 4.78 is 0. The molecule has 0 unspecified atom stereocenters. The second kappa shape index (κ2) is 6.60. The summed E-state index contributed by atoms with van der Waals surface area (Å²) in [4.78, 5) is 22.7. The van der Waals surface area contributed by atoms with Gasteiger partial charge in [-0.3, -0.25) is 0 Å². The highest BCUT2D eigenvalue weighted by Crippen LogP contribution is 2.37. The number of urea groups is 1. The average Bonchev–Trinajstić information content (AvgIpc) is 3.40. The third-order valence-corrected chi connectivity index (χ3v) is 4.81. The van der Waals surface area contributed by atoms with Gasteiger partial charge in [-0.05, 0) is 44.4 Å². The quantitative estimate of drug-likeness (QED) is 0.895. The van der Waals surface area contributed by atoms with E-state index in [-0.39, 0.29) is 18.7 Å². The van der Waals surface area contributed by atoms with Crippen LogP contribution in [0.15, 0.2) is 12.4 Å². The van der Waals surface area contributed by atoms with Crippen LogP contribution in [0, 0.1) is 5.92 Å². The van der Waals surface area contributed by atoms with Gasteiger partial charge in [0.25, 0.3) is 0 Å². The Balaban J connectivity index is 1.52. The Labute approximate surface area is 131 Å². The highest BCUT2D eigenvalue weighted by Gasteiger charge is 2.27. The maximum Gasteiger partial charge on any atom is 0.321 e. The summed E-state index contributed by atoms with van der Waals surface area (Å²) in [6.07, 6.45) is 9.59. The Kier molecular flexibility index (Phi) is 4.57. The number of aliphatic hydroxyl groups excluding tert-OH is 1. The molecule has 2 aliphatic carbocycles. The Hall–Kier alpha value is -1.69. The monoisotopic (exact) mass is 304 g/mol. The van der Waals surface area contributed by atoms with Gasteiger partial charge in [0.05, 0.1) is 18.1 Å². The minimum Gasteiger partial charge on any atom is -0.396 e. The van der Waals surface area contributed by atoms with Crippen LogP contribution in [0.2, 0.25) is 0 Å². The lowest BCUT2D eigenvalue weighted by molar-refractivity contribution is 0.139. The zero-order valence-corrected chi connectivity index (χ0v) is 13.0. The van der Waals surface area contributed by atoms with E-state index >= 15 is 0 Å². The molecule has 2 amide bonds. The molecule has 0 saturated heterocycles. The number of carbonyl (C=O) groups is 1. The lowest BCUT2D eigenvalue weighted by Crippen LogP contribution is -2.42. The summed E-state index contributed by atoms with van der Waals surface area (Å²) in [6.45, 7) is 0.257. The molecule has 0 radical (unpaired) electrons. The van der Waals surface area contributed by atoms with Gasteiger partial charge in [-0.1, -0.05) is 0 Å². The molecule has 0 aromatic carbocycles. The molecule has 2 N–H and O–H groups in total. The molecular weight excluding hydrogens is 280 g/mol. The average molecular weight is 304 g/mol. The molecule has 0 bridgehead atoms. The number of hydrogen-bond donors (Lipinski definition) is 2. The second-order valence-corrected chi connectivity index (χ2v) is 6.50. The van der Waals surface area contributed by atoms with E-state index in [1.54, 1.807) is 17.3 Å². The van der Waals surface area contributed by atoms with Crippen molar-refractivity contribution < 1.29 is 9.90 Å². The molecule has 2 aliphatic rings. The van der Waals surface area contributed by atoms with Gasteiger partial charge in [0, 0.05) is 25.6 Å². The number of anilines is 1. The predicted octanol–water partition coefficient (Wildman–Crippen LogP) is 2.37. The molecule has 0 spiro atoms. The second-order valence-electron chi connectivity index (χ2n) is 6.50. The summed E-state index contributed by atoms with van der Waals surface area (Å²) >= 11 is 0. The van der Waals surface area contributed by atoms with E-state index in [4.69, 9.17) is 0 Å². The molecule has 1 aromatic heterocycles. The standard InChI is InChI=1S/C16H24N4O2/c1-20(14-6-2-11(10-21)3-7-14)16(22)19-13-8-17-15(18-9-13)12-4-5-12/h8-9,11-12,14,21H,2-7,10H2,1H3,(H,19,22). The van der Waals surface area contributed by atoms with Crippen molar-refractivity contribution in [1.82, 2.24) is 14.9 Å². The molecule has 0 atom stereocenters. The van der Waals surface area contributed by atoms with E-state index in [1.807, 2.05) is 7.05 Å². The van der Waals surface area contributed by atoms with Crippen molar-refractivity contribution in [2.45, 2.75) is 50.5 Å². The molecule has 6 nitrogen and oxygen atoms in total. The van der Waals surface area contributed by atoms with Crippen LogP contribution in [0.5, 0.6) is 0 Å². The van der Waals surface area contributed by atoms with Gasteiger partial charge in [-0.2, -0.15) is 0 Å². The summed E-state index contributed by atoms with van der Waals surface area (Å²) in [5.74, 6) is 1.80. The first-order chi connectivity index (χ1) is 10.7. The Morgan fingerprint density at radius 2 is 1.86 bits per heavy atom. The van der Waals surface area contributed by atoms with Gasteiger partial charge >= 0.3 is 6.03 Å². The van der Waals surface area contributed by atoms with Gasteiger partial charge < -0.3 is 15.3 Å². The van der Waals surface area contributed by atoms with Crippen molar-refractivity contribution in [3.05, 3.63) is 18.2 Å². The van der Waals surface area contributed by atoms with Gasteiger partial charge in [0.2, 0.25) is 0 Å². The first kappa shape index (κ1) is 15.2. The molecule has 6 heteroatoms. The molecule has 22 heavy (non-hydrogen) atoms. The van der Waals surface area contributed by atoms with E-state index in [1.165, 1.54) is 12.8 Å². The number of amides is 2. The van der Waals surface area contributed by atoms with Crippen molar-refractivity contribution >= 4 is 11.7 Å². The van der Waals surface area contributed by atoms with Crippen molar-refractivity contribution in [3.8, 4) is 0 Å². The molecule has 2 saturated carbocycles. The van der Waals surface area contributed by atoms with Crippen LogP contribution in [-0.4, -0.2) is 45.7 Å². The van der Waals surface area contributed by atoms with E-state index < -0.39 is 0 Å².